The van der Waals surface area contributed by atoms with Crippen LogP contribution in [0.4, 0.5) is 0 Å². The maximum Gasteiger partial charge on any atom is 0.281 e. The molecule has 1 saturated carbocycles. The van der Waals surface area contributed by atoms with Gasteiger partial charge in [-0.1, -0.05) is 18.1 Å². The van der Waals surface area contributed by atoms with E-state index in [1.165, 1.54) is 0 Å². The average Bonchev–Trinajstić information content (AvgIpc) is 3.20. The summed E-state index contributed by atoms with van der Waals surface area (Å²) in [5, 5.41) is 13.8. The Morgan fingerprint density at radius 3 is 2.76 bits per heavy atom. The molecule has 9 heteroatoms. The summed E-state index contributed by atoms with van der Waals surface area (Å²) in [6.45, 7) is 1.13. The molecule has 1 unspecified atom stereocenters. The van der Waals surface area contributed by atoms with E-state index in [1.54, 1.807) is 15.7 Å². The molecule has 2 fully saturated rings. The van der Waals surface area contributed by atoms with Gasteiger partial charge in [0.05, 0.1) is 0 Å². The summed E-state index contributed by atoms with van der Waals surface area (Å²) in [6.07, 6.45) is 5.75. The minimum absolute atomic E-state index is 0.172. The van der Waals surface area contributed by atoms with Crippen molar-refractivity contribution < 1.29 is 8.42 Å². The van der Waals surface area contributed by atoms with Gasteiger partial charge >= 0.3 is 0 Å². The van der Waals surface area contributed by atoms with E-state index in [0.717, 1.165) is 32.1 Å². The van der Waals surface area contributed by atoms with Crippen LogP contribution in [-0.4, -0.2) is 63.8 Å². The first-order valence-corrected chi connectivity index (χ1v) is 8.92. The van der Waals surface area contributed by atoms with Crippen LogP contribution >= 0.6 is 0 Å². The molecule has 1 saturated heterocycles. The Hall–Kier alpha value is -1.06. The molecular weight excluding hydrogens is 292 g/mol. The van der Waals surface area contributed by atoms with E-state index < -0.39 is 10.2 Å². The molecule has 3 rings (SSSR count). The quantitative estimate of drug-likeness (QED) is 0.836. The first kappa shape index (κ1) is 14.9. The summed E-state index contributed by atoms with van der Waals surface area (Å²) >= 11 is 0. The molecule has 0 aromatic carbocycles. The Bertz CT molecular complexity index is 554. The Morgan fingerprint density at radius 2 is 2.10 bits per heavy atom. The maximum atomic E-state index is 12.7. The van der Waals surface area contributed by atoms with Gasteiger partial charge in [0.2, 0.25) is 0 Å². The number of aromatic amines is 1. The van der Waals surface area contributed by atoms with E-state index in [-0.39, 0.29) is 12.0 Å². The zero-order valence-electron chi connectivity index (χ0n) is 12.3. The van der Waals surface area contributed by atoms with Crippen molar-refractivity contribution in [1.82, 2.24) is 29.2 Å². The van der Waals surface area contributed by atoms with Crippen molar-refractivity contribution in [3.05, 3.63) is 5.82 Å². The molecule has 1 N–H and O–H groups in total. The summed E-state index contributed by atoms with van der Waals surface area (Å²) in [6, 6.07) is 0.172. The zero-order valence-corrected chi connectivity index (χ0v) is 13.1. The molecule has 0 bridgehead atoms. The molecule has 118 valence electrons. The maximum absolute atomic E-state index is 12.7. The lowest BCUT2D eigenvalue weighted by Gasteiger charge is -2.28. The molecule has 1 aliphatic carbocycles. The third-order valence-electron chi connectivity index (χ3n) is 4.64. The van der Waals surface area contributed by atoms with Crippen molar-refractivity contribution in [1.29, 1.82) is 0 Å². The molecule has 2 heterocycles. The second-order valence-corrected chi connectivity index (χ2v) is 8.00. The standard InChI is InChI=1S/C12H22N6O2S/c1-17(11-4-2-3-5-11)21(19,20)18-7-6-10(9-18)8-12-13-15-16-14-12/h10-11H,2-9H2,1H3,(H,13,14,15,16). The number of hydrogen-bond donors (Lipinski definition) is 1. The van der Waals surface area contributed by atoms with E-state index in [2.05, 4.69) is 20.6 Å². The highest BCUT2D eigenvalue weighted by Crippen LogP contribution is 2.28. The van der Waals surface area contributed by atoms with Crippen LogP contribution in [0.3, 0.4) is 0 Å². The molecule has 2 aliphatic rings. The molecule has 1 aromatic rings. The van der Waals surface area contributed by atoms with E-state index in [1.807, 2.05) is 0 Å². The Morgan fingerprint density at radius 1 is 1.33 bits per heavy atom. The van der Waals surface area contributed by atoms with Gasteiger partial charge in [-0.3, -0.25) is 0 Å². The SMILES string of the molecule is CN(C1CCCC1)S(=O)(=O)N1CCC(Cc2nn[nH]n2)C1. The first-order chi connectivity index (χ1) is 10.1. The van der Waals surface area contributed by atoms with Crippen LogP contribution in [0.15, 0.2) is 0 Å². The fourth-order valence-electron chi connectivity index (χ4n) is 3.34. The lowest BCUT2D eigenvalue weighted by Crippen LogP contribution is -2.44. The van der Waals surface area contributed by atoms with Gasteiger partial charge in [0.25, 0.3) is 10.2 Å². The van der Waals surface area contributed by atoms with Crippen molar-refractivity contribution >= 4 is 10.2 Å². The Labute approximate surface area is 125 Å². The minimum Gasteiger partial charge on any atom is -0.195 e. The summed E-state index contributed by atoms with van der Waals surface area (Å²) in [4.78, 5) is 0. The number of hydrogen-bond acceptors (Lipinski definition) is 5. The fourth-order valence-corrected chi connectivity index (χ4v) is 5.03. The van der Waals surface area contributed by atoms with Gasteiger partial charge in [-0.2, -0.15) is 22.2 Å². The van der Waals surface area contributed by atoms with Crippen molar-refractivity contribution in [3.63, 3.8) is 0 Å². The van der Waals surface area contributed by atoms with E-state index in [0.29, 0.717) is 25.3 Å². The van der Waals surface area contributed by atoms with Gasteiger partial charge < -0.3 is 0 Å². The van der Waals surface area contributed by atoms with Crippen LogP contribution in [0.25, 0.3) is 0 Å². The van der Waals surface area contributed by atoms with Crippen LogP contribution in [0.5, 0.6) is 0 Å². The summed E-state index contributed by atoms with van der Waals surface area (Å²) in [5.41, 5.74) is 0. The molecule has 0 spiro atoms. The van der Waals surface area contributed by atoms with Crippen LogP contribution in [0.2, 0.25) is 0 Å². The van der Waals surface area contributed by atoms with Crippen LogP contribution in [0.1, 0.15) is 37.9 Å². The van der Waals surface area contributed by atoms with Crippen LogP contribution in [0, 0.1) is 5.92 Å². The monoisotopic (exact) mass is 314 g/mol. The Kier molecular flexibility index (Phi) is 4.23. The highest BCUT2D eigenvalue weighted by atomic mass is 32.2. The molecule has 21 heavy (non-hydrogen) atoms. The molecule has 1 atom stereocenters. The molecule has 8 nitrogen and oxygen atoms in total. The lowest BCUT2D eigenvalue weighted by molar-refractivity contribution is 0.331. The van der Waals surface area contributed by atoms with Gasteiger partial charge in [-0.15, -0.1) is 10.2 Å². The molecular formula is C12H22N6O2S. The highest BCUT2D eigenvalue weighted by Gasteiger charge is 2.37. The van der Waals surface area contributed by atoms with Gasteiger partial charge in [-0.25, -0.2) is 0 Å². The molecule has 1 aliphatic heterocycles. The number of aromatic nitrogens is 4. The number of nitrogens with one attached hydrogen (secondary N) is 1. The second-order valence-electron chi connectivity index (χ2n) is 6.01. The van der Waals surface area contributed by atoms with Crippen LogP contribution < -0.4 is 0 Å². The Balaban J connectivity index is 1.61. The first-order valence-electron chi connectivity index (χ1n) is 7.53. The molecule has 0 radical (unpaired) electrons. The largest absolute Gasteiger partial charge is 0.281 e. The van der Waals surface area contributed by atoms with Crippen LogP contribution in [-0.2, 0) is 16.6 Å². The summed E-state index contributed by atoms with van der Waals surface area (Å²) < 4.78 is 28.5. The summed E-state index contributed by atoms with van der Waals surface area (Å²) in [5.74, 6) is 0.928. The normalized spacial score (nSPS) is 25.1. The summed E-state index contributed by atoms with van der Waals surface area (Å²) in [7, 11) is -1.61. The number of tetrazole rings is 1. The predicted octanol–water partition coefficient (Wildman–Crippen LogP) is 0.183. The minimum atomic E-state index is -3.33. The van der Waals surface area contributed by atoms with Crippen molar-refractivity contribution in [2.45, 2.75) is 44.6 Å². The van der Waals surface area contributed by atoms with Gasteiger partial charge in [0, 0.05) is 32.6 Å². The smallest absolute Gasteiger partial charge is 0.195 e. The topological polar surface area (TPSA) is 95.1 Å². The zero-order chi connectivity index (χ0) is 14.9. The molecule has 0 amide bonds. The number of H-pyrrole nitrogens is 1. The van der Waals surface area contributed by atoms with Gasteiger partial charge in [0.1, 0.15) is 0 Å². The third-order valence-corrected chi connectivity index (χ3v) is 6.65. The second kappa shape index (κ2) is 5.98. The van der Waals surface area contributed by atoms with Crippen molar-refractivity contribution in [3.8, 4) is 0 Å². The van der Waals surface area contributed by atoms with Crippen molar-refractivity contribution in [2.24, 2.45) is 5.92 Å². The highest BCUT2D eigenvalue weighted by molar-refractivity contribution is 7.86. The average molecular weight is 314 g/mol. The third kappa shape index (κ3) is 3.09. The van der Waals surface area contributed by atoms with Gasteiger partial charge in [-0.05, 0) is 25.2 Å². The predicted molar refractivity (Wildman–Crippen MR) is 76.5 cm³/mol. The van der Waals surface area contributed by atoms with Gasteiger partial charge in [0.15, 0.2) is 5.82 Å². The fraction of sp³-hybridized carbons (Fsp3) is 0.917. The van der Waals surface area contributed by atoms with E-state index in [4.69, 9.17) is 0 Å². The molecule has 1 aromatic heterocycles. The van der Waals surface area contributed by atoms with Crippen molar-refractivity contribution in [2.75, 3.05) is 20.1 Å². The number of nitrogens with zero attached hydrogens (tertiary/aromatic N) is 5. The van der Waals surface area contributed by atoms with E-state index in [9.17, 15) is 8.42 Å². The number of rotatable bonds is 5. The van der Waals surface area contributed by atoms with E-state index >= 15 is 0 Å². The lowest BCUT2D eigenvalue weighted by atomic mass is 10.1.